The molecule has 1 fully saturated rings. The first-order valence-corrected chi connectivity index (χ1v) is 13.4. The van der Waals surface area contributed by atoms with Crippen LogP contribution in [0.2, 0.25) is 0 Å². The summed E-state index contributed by atoms with van der Waals surface area (Å²) in [6, 6.07) is 21.0. The number of piperazine rings is 1. The summed E-state index contributed by atoms with van der Waals surface area (Å²) in [5, 5.41) is 5.65. The van der Waals surface area contributed by atoms with Crippen LogP contribution in [0.3, 0.4) is 0 Å². The first kappa shape index (κ1) is 28.8. The Bertz CT molecular complexity index is 1310. The van der Waals surface area contributed by atoms with E-state index >= 15 is 0 Å². The third kappa shape index (κ3) is 7.24. The quantitative estimate of drug-likeness (QED) is 0.398. The van der Waals surface area contributed by atoms with Gasteiger partial charge in [0.15, 0.2) is 0 Å². The number of methoxy groups -OCH3 is 1. The van der Waals surface area contributed by atoms with Crippen LogP contribution in [0.1, 0.15) is 40.7 Å². The van der Waals surface area contributed by atoms with Gasteiger partial charge in [0.05, 0.1) is 11.5 Å². The highest BCUT2D eigenvalue weighted by Gasteiger charge is 2.29. The fraction of sp³-hybridized carbons (Fsp3) is 0.323. The number of ether oxygens (including phenoxy) is 1. The summed E-state index contributed by atoms with van der Waals surface area (Å²) in [5.74, 6) is -1.07. The van der Waals surface area contributed by atoms with Crippen LogP contribution in [0, 0.1) is 5.82 Å². The number of rotatable bonds is 10. The maximum atomic E-state index is 13.4. The topological polar surface area (TPSA) is 91.0 Å². The van der Waals surface area contributed by atoms with E-state index in [1.165, 1.54) is 19.2 Å². The van der Waals surface area contributed by atoms with Crippen LogP contribution < -0.4 is 15.5 Å². The molecular weight excluding hydrogens is 511 g/mol. The Hall–Kier alpha value is -4.24. The molecule has 1 saturated heterocycles. The Morgan fingerprint density at radius 3 is 2.30 bits per heavy atom. The minimum absolute atomic E-state index is 0.106. The van der Waals surface area contributed by atoms with Gasteiger partial charge in [0.2, 0.25) is 11.8 Å². The molecule has 1 heterocycles. The van der Waals surface area contributed by atoms with E-state index in [1.807, 2.05) is 48.2 Å². The van der Waals surface area contributed by atoms with Crippen molar-refractivity contribution in [1.82, 2.24) is 10.2 Å². The van der Waals surface area contributed by atoms with Crippen LogP contribution in [-0.2, 0) is 20.9 Å². The van der Waals surface area contributed by atoms with Crippen LogP contribution in [-0.4, -0.2) is 62.5 Å². The Labute approximate surface area is 234 Å². The van der Waals surface area contributed by atoms with Crippen molar-refractivity contribution < 1.29 is 23.5 Å². The van der Waals surface area contributed by atoms with Crippen LogP contribution >= 0.6 is 0 Å². The lowest BCUT2D eigenvalue weighted by Gasteiger charge is -2.38. The lowest BCUT2D eigenvalue weighted by molar-refractivity contribution is -0.133. The fourth-order valence-corrected chi connectivity index (χ4v) is 4.91. The maximum absolute atomic E-state index is 13.4. The van der Waals surface area contributed by atoms with Crippen LogP contribution in [0.25, 0.3) is 0 Å². The molecule has 1 aliphatic rings. The van der Waals surface area contributed by atoms with Crippen LogP contribution in [0.15, 0.2) is 72.8 Å². The van der Waals surface area contributed by atoms with Gasteiger partial charge in [-0.3, -0.25) is 14.4 Å². The summed E-state index contributed by atoms with van der Waals surface area (Å²) in [6.07, 6.45) is 0.720. The summed E-state index contributed by atoms with van der Waals surface area (Å²) < 4.78 is 18.2. The van der Waals surface area contributed by atoms with Crippen molar-refractivity contribution in [2.24, 2.45) is 0 Å². The van der Waals surface area contributed by atoms with Crippen molar-refractivity contribution in [3.05, 3.63) is 95.3 Å². The summed E-state index contributed by atoms with van der Waals surface area (Å²) in [6.45, 7) is 4.33. The number of hydrogen-bond donors (Lipinski definition) is 2. The summed E-state index contributed by atoms with van der Waals surface area (Å²) in [4.78, 5) is 42.8. The van der Waals surface area contributed by atoms with Gasteiger partial charge in [0.25, 0.3) is 5.91 Å². The number of amides is 3. The molecule has 2 N–H and O–H groups in total. The van der Waals surface area contributed by atoms with Gasteiger partial charge in [-0.25, -0.2) is 4.39 Å². The average Bonchev–Trinajstić information content (AvgIpc) is 2.98. The fourth-order valence-electron chi connectivity index (χ4n) is 4.91. The summed E-state index contributed by atoms with van der Waals surface area (Å²) in [7, 11) is 1.43. The Morgan fingerprint density at radius 1 is 0.950 bits per heavy atom. The maximum Gasteiger partial charge on any atom is 0.253 e. The van der Waals surface area contributed by atoms with Gasteiger partial charge in [-0.05, 0) is 47.9 Å². The van der Waals surface area contributed by atoms with Gasteiger partial charge in [0, 0.05) is 51.2 Å². The van der Waals surface area contributed by atoms with Crippen LogP contribution in [0.4, 0.5) is 15.8 Å². The molecule has 3 aromatic carbocycles. The third-order valence-electron chi connectivity index (χ3n) is 7.01. The van der Waals surface area contributed by atoms with Crippen molar-refractivity contribution in [1.29, 1.82) is 0 Å². The standard InChI is InChI=1S/C31H35FN4O4/c1-3-26(23-7-5-4-6-8-23)31(39)36-17-15-35(16-18-36)28-14-13-25(34-29(37)21-40-2)19-27(28)30(38)33-20-22-9-11-24(32)12-10-22/h4-14,19,26H,3,15-18,20-21H2,1-2H3,(H,33,38)(H,34,37)/t26-/m0/s1. The molecule has 40 heavy (non-hydrogen) atoms. The number of nitrogens with one attached hydrogen (secondary N) is 2. The normalized spacial score (nSPS) is 14.0. The molecule has 0 radical (unpaired) electrons. The number of benzene rings is 3. The molecule has 8 nitrogen and oxygen atoms in total. The number of nitrogens with zero attached hydrogens (tertiary/aromatic N) is 2. The summed E-state index contributed by atoms with van der Waals surface area (Å²) >= 11 is 0. The second-order valence-corrected chi connectivity index (χ2v) is 9.71. The summed E-state index contributed by atoms with van der Waals surface area (Å²) in [5.41, 5.74) is 3.36. The molecule has 3 aromatic rings. The molecule has 0 unspecified atom stereocenters. The van der Waals surface area contributed by atoms with Gasteiger partial charge in [-0.2, -0.15) is 0 Å². The number of hydrogen-bond acceptors (Lipinski definition) is 5. The molecule has 1 aliphatic heterocycles. The molecule has 0 saturated carbocycles. The third-order valence-corrected chi connectivity index (χ3v) is 7.01. The molecule has 0 bridgehead atoms. The van der Waals surface area contributed by atoms with Crippen molar-refractivity contribution in [2.45, 2.75) is 25.8 Å². The highest BCUT2D eigenvalue weighted by atomic mass is 19.1. The zero-order chi connectivity index (χ0) is 28.5. The van der Waals surface area contributed by atoms with E-state index in [0.717, 1.165) is 17.5 Å². The largest absolute Gasteiger partial charge is 0.375 e. The highest BCUT2D eigenvalue weighted by molar-refractivity contribution is 6.02. The number of carbonyl (C=O) groups excluding carboxylic acids is 3. The predicted molar refractivity (Wildman–Crippen MR) is 153 cm³/mol. The highest BCUT2D eigenvalue weighted by Crippen LogP contribution is 2.28. The Balaban J connectivity index is 1.49. The molecule has 0 spiro atoms. The molecule has 0 aromatic heterocycles. The first-order valence-electron chi connectivity index (χ1n) is 13.4. The number of carbonyl (C=O) groups is 3. The van der Waals surface area contributed by atoms with Gasteiger partial charge < -0.3 is 25.2 Å². The van der Waals surface area contributed by atoms with Crippen molar-refractivity contribution in [2.75, 3.05) is 50.1 Å². The molecule has 1 atom stereocenters. The van der Waals surface area contributed by atoms with E-state index in [4.69, 9.17) is 4.74 Å². The van der Waals surface area contributed by atoms with Gasteiger partial charge in [0.1, 0.15) is 12.4 Å². The van der Waals surface area contributed by atoms with E-state index in [2.05, 4.69) is 15.5 Å². The zero-order valence-electron chi connectivity index (χ0n) is 22.9. The van der Waals surface area contributed by atoms with E-state index in [0.29, 0.717) is 43.1 Å². The van der Waals surface area contributed by atoms with Gasteiger partial charge in [-0.1, -0.05) is 49.4 Å². The van der Waals surface area contributed by atoms with E-state index in [1.54, 1.807) is 24.3 Å². The SMILES string of the molecule is CC[C@H](C(=O)N1CCN(c2ccc(NC(=O)COC)cc2C(=O)NCc2ccc(F)cc2)CC1)c1ccccc1. The van der Waals surface area contributed by atoms with E-state index < -0.39 is 0 Å². The van der Waals surface area contributed by atoms with Crippen molar-refractivity contribution in [3.8, 4) is 0 Å². The molecule has 3 amide bonds. The van der Waals surface area contributed by atoms with E-state index in [9.17, 15) is 18.8 Å². The molecular formula is C31H35FN4O4. The van der Waals surface area contributed by atoms with Crippen molar-refractivity contribution in [3.63, 3.8) is 0 Å². The lowest BCUT2D eigenvalue weighted by Crippen LogP contribution is -2.50. The molecule has 9 heteroatoms. The molecule has 4 rings (SSSR count). The molecule has 210 valence electrons. The Morgan fingerprint density at radius 2 is 1.65 bits per heavy atom. The first-order chi connectivity index (χ1) is 19.4. The predicted octanol–water partition coefficient (Wildman–Crippen LogP) is 4.18. The smallest absolute Gasteiger partial charge is 0.253 e. The average molecular weight is 547 g/mol. The van der Waals surface area contributed by atoms with Crippen molar-refractivity contribution >= 4 is 29.1 Å². The van der Waals surface area contributed by atoms with E-state index in [-0.39, 0.29) is 42.6 Å². The second-order valence-electron chi connectivity index (χ2n) is 9.71. The Kier molecular flexibility index (Phi) is 9.86. The number of anilines is 2. The van der Waals surface area contributed by atoms with Gasteiger partial charge in [-0.15, -0.1) is 0 Å². The second kappa shape index (κ2) is 13.7. The monoisotopic (exact) mass is 546 g/mol. The minimum Gasteiger partial charge on any atom is -0.375 e. The van der Waals surface area contributed by atoms with Gasteiger partial charge >= 0.3 is 0 Å². The lowest BCUT2D eigenvalue weighted by atomic mass is 9.94. The minimum atomic E-state index is -0.344. The van der Waals surface area contributed by atoms with Crippen LogP contribution in [0.5, 0.6) is 0 Å². The zero-order valence-corrected chi connectivity index (χ0v) is 22.9. The number of halogens is 1. The molecule has 0 aliphatic carbocycles.